The van der Waals surface area contributed by atoms with Gasteiger partial charge in [0.25, 0.3) is 5.91 Å². The number of fused-ring (bicyclic) bond motifs is 1. The summed E-state index contributed by atoms with van der Waals surface area (Å²) < 4.78 is 6.44. The molecule has 2 aromatic heterocycles. The van der Waals surface area contributed by atoms with Gasteiger partial charge in [-0.15, -0.1) is 0 Å². The topological polar surface area (TPSA) is 64.1 Å². The average molecular weight is 299 g/mol. The lowest BCUT2D eigenvalue weighted by Crippen LogP contribution is -2.11. The lowest BCUT2D eigenvalue weighted by Gasteiger charge is -2.00. The van der Waals surface area contributed by atoms with Crippen molar-refractivity contribution in [2.75, 3.05) is 11.9 Å². The van der Waals surface area contributed by atoms with Crippen LogP contribution in [-0.4, -0.2) is 22.5 Å². The molecular formula is C15H13N3O2S. The molecule has 0 saturated heterocycles. The van der Waals surface area contributed by atoms with Crippen LogP contribution >= 0.6 is 11.3 Å². The summed E-state index contributed by atoms with van der Waals surface area (Å²) in [5.74, 6) is 0.613. The predicted molar refractivity (Wildman–Crippen MR) is 83.0 cm³/mol. The lowest BCUT2D eigenvalue weighted by atomic mass is 10.2. The summed E-state index contributed by atoms with van der Waals surface area (Å²) in [6.45, 7) is 2.56. The lowest BCUT2D eigenvalue weighted by molar-refractivity contribution is 0.102. The van der Waals surface area contributed by atoms with Gasteiger partial charge in [-0.1, -0.05) is 11.3 Å². The second-order valence-electron chi connectivity index (χ2n) is 4.27. The molecule has 0 atom stereocenters. The van der Waals surface area contributed by atoms with E-state index in [1.165, 1.54) is 11.3 Å². The normalized spacial score (nSPS) is 10.5. The quantitative estimate of drug-likeness (QED) is 0.802. The van der Waals surface area contributed by atoms with Crippen molar-refractivity contribution in [2.45, 2.75) is 6.92 Å². The molecule has 6 heteroatoms. The van der Waals surface area contributed by atoms with Crippen LogP contribution in [0.4, 0.5) is 5.13 Å². The molecule has 106 valence electrons. The van der Waals surface area contributed by atoms with E-state index in [0.29, 0.717) is 17.3 Å². The van der Waals surface area contributed by atoms with Crippen LogP contribution in [0.15, 0.2) is 42.7 Å². The second-order valence-corrected chi connectivity index (χ2v) is 5.30. The predicted octanol–water partition coefficient (Wildman–Crippen LogP) is 3.34. The number of pyridine rings is 1. The van der Waals surface area contributed by atoms with E-state index in [1.807, 2.05) is 25.1 Å². The summed E-state index contributed by atoms with van der Waals surface area (Å²) in [5.41, 5.74) is 1.40. The number of hydrogen-bond donors (Lipinski definition) is 1. The molecule has 0 saturated carbocycles. The third-order valence-corrected chi connectivity index (χ3v) is 3.77. The first-order chi connectivity index (χ1) is 10.3. The fourth-order valence-corrected chi connectivity index (χ4v) is 2.78. The van der Waals surface area contributed by atoms with Gasteiger partial charge < -0.3 is 4.74 Å². The number of nitrogens with zero attached hydrogens (tertiary/aromatic N) is 2. The monoisotopic (exact) mass is 299 g/mol. The fraction of sp³-hybridized carbons (Fsp3) is 0.133. The molecule has 3 rings (SSSR count). The van der Waals surface area contributed by atoms with Crippen LogP contribution in [0.3, 0.4) is 0 Å². The molecule has 2 heterocycles. The molecule has 5 nitrogen and oxygen atoms in total. The number of hydrogen-bond acceptors (Lipinski definition) is 5. The van der Waals surface area contributed by atoms with Crippen LogP contribution in [0.2, 0.25) is 0 Å². The van der Waals surface area contributed by atoms with Gasteiger partial charge in [-0.2, -0.15) is 0 Å². The number of anilines is 1. The van der Waals surface area contributed by atoms with Crippen LogP contribution < -0.4 is 10.1 Å². The van der Waals surface area contributed by atoms with E-state index in [1.54, 1.807) is 24.5 Å². The van der Waals surface area contributed by atoms with Gasteiger partial charge in [-0.25, -0.2) is 4.98 Å². The maximum absolute atomic E-state index is 12.1. The number of aromatic nitrogens is 2. The van der Waals surface area contributed by atoms with Crippen LogP contribution in [0.5, 0.6) is 5.75 Å². The third kappa shape index (κ3) is 3.00. The van der Waals surface area contributed by atoms with Crippen molar-refractivity contribution < 1.29 is 9.53 Å². The van der Waals surface area contributed by atoms with Crippen molar-refractivity contribution in [1.82, 2.24) is 9.97 Å². The number of rotatable bonds is 4. The molecule has 3 aromatic rings. The van der Waals surface area contributed by atoms with E-state index in [2.05, 4.69) is 15.3 Å². The van der Waals surface area contributed by atoms with Gasteiger partial charge in [0.2, 0.25) is 0 Å². The molecule has 1 aromatic carbocycles. The zero-order valence-corrected chi connectivity index (χ0v) is 12.2. The number of amides is 1. The van der Waals surface area contributed by atoms with Crippen molar-refractivity contribution in [3.05, 3.63) is 48.3 Å². The number of carbonyl (C=O) groups excluding carboxylic acids is 1. The molecule has 1 N–H and O–H groups in total. The number of ether oxygens (including phenoxy) is 1. The first kappa shape index (κ1) is 13.5. The van der Waals surface area contributed by atoms with Gasteiger partial charge in [0, 0.05) is 18.0 Å². The Hall–Kier alpha value is -2.47. The van der Waals surface area contributed by atoms with Crippen LogP contribution in [0, 0.1) is 0 Å². The molecular weight excluding hydrogens is 286 g/mol. The average Bonchev–Trinajstić information content (AvgIpc) is 2.90. The molecule has 0 aliphatic carbocycles. The highest BCUT2D eigenvalue weighted by Gasteiger charge is 2.10. The maximum atomic E-state index is 12.1. The molecule has 0 unspecified atom stereocenters. The van der Waals surface area contributed by atoms with Gasteiger partial charge in [-0.3, -0.25) is 15.1 Å². The van der Waals surface area contributed by atoms with E-state index in [0.717, 1.165) is 16.0 Å². The SMILES string of the molecule is CCOc1ccc2nc(NC(=O)c3ccncc3)sc2c1. The van der Waals surface area contributed by atoms with Crippen molar-refractivity contribution >= 4 is 32.6 Å². The van der Waals surface area contributed by atoms with Gasteiger partial charge in [0.15, 0.2) is 5.13 Å². The van der Waals surface area contributed by atoms with Gasteiger partial charge in [0.1, 0.15) is 5.75 Å². The summed E-state index contributed by atoms with van der Waals surface area (Å²) in [6, 6.07) is 9.02. The minimum atomic E-state index is -0.193. The Morgan fingerprint density at radius 3 is 2.86 bits per heavy atom. The highest BCUT2D eigenvalue weighted by atomic mass is 32.1. The molecule has 1 amide bonds. The van der Waals surface area contributed by atoms with Crippen LogP contribution in [-0.2, 0) is 0 Å². The summed E-state index contributed by atoms with van der Waals surface area (Å²) in [4.78, 5) is 20.3. The molecule has 0 aliphatic heterocycles. The summed E-state index contributed by atoms with van der Waals surface area (Å²) >= 11 is 1.42. The first-order valence-corrected chi connectivity index (χ1v) is 7.32. The highest BCUT2D eigenvalue weighted by Crippen LogP contribution is 2.29. The third-order valence-electron chi connectivity index (χ3n) is 2.83. The summed E-state index contributed by atoms with van der Waals surface area (Å²) in [5, 5.41) is 3.37. The Bertz CT molecular complexity index is 771. The summed E-state index contributed by atoms with van der Waals surface area (Å²) in [7, 11) is 0. The molecule has 0 bridgehead atoms. The maximum Gasteiger partial charge on any atom is 0.257 e. The Kier molecular flexibility index (Phi) is 3.79. The van der Waals surface area contributed by atoms with Gasteiger partial charge in [-0.05, 0) is 37.3 Å². The molecule has 21 heavy (non-hydrogen) atoms. The van der Waals surface area contributed by atoms with Crippen molar-refractivity contribution in [2.24, 2.45) is 0 Å². The number of nitrogens with one attached hydrogen (secondary N) is 1. The van der Waals surface area contributed by atoms with Gasteiger partial charge in [0.05, 0.1) is 16.8 Å². The van der Waals surface area contributed by atoms with E-state index >= 15 is 0 Å². The molecule has 0 radical (unpaired) electrons. The molecule has 0 fully saturated rings. The second kappa shape index (κ2) is 5.88. The van der Waals surface area contributed by atoms with E-state index in [4.69, 9.17) is 4.74 Å². The van der Waals surface area contributed by atoms with Crippen LogP contribution in [0.25, 0.3) is 10.2 Å². The highest BCUT2D eigenvalue weighted by molar-refractivity contribution is 7.22. The van der Waals surface area contributed by atoms with Crippen LogP contribution in [0.1, 0.15) is 17.3 Å². The zero-order chi connectivity index (χ0) is 14.7. The van der Waals surface area contributed by atoms with Crippen molar-refractivity contribution in [1.29, 1.82) is 0 Å². The minimum Gasteiger partial charge on any atom is -0.494 e. The van der Waals surface area contributed by atoms with Crippen molar-refractivity contribution in [3.63, 3.8) is 0 Å². The van der Waals surface area contributed by atoms with E-state index in [9.17, 15) is 4.79 Å². The molecule has 0 aliphatic rings. The smallest absolute Gasteiger partial charge is 0.257 e. The fourth-order valence-electron chi connectivity index (χ4n) is 1.89. The van der Waals surface area contributed by atoms with Crippen molar-refractivity contribution in [3.8, 4) is 5.75 Å². The number of benzene rings is 1. The first-order valence-electron chi connectivity index (χ1n) is 6.51. The summed E-state index contributed by atoms with van der Waals surface area (Å²) in [6.07, 6.45) is 3.17. The Morgan fingerprint density at radius 2 is 2.10 bits per heavy atom. The van der Waals surface area contributed by atoms with Gasteiger partial charge >= 0.3 is 0 Å². The van der Waals surface area contributed by atoms with E-state index in [-0.39, 0.29) is 5.91 Å². The zero-order valence-electron chi connectivity index (χ0n) is 11.4. The van der Waals surface area contributed by atoms with E-state index < -0.39 is 0 Å². The standard InChI is InChI=1S/C15H13N3O2S/c1-2-20-11-3-4-12-13(9-11)21-15(17-12)18-14(19)10-5-7-16-8-6-10/h3-9H,2H2,1H3,(H,17,18,19). The number of carbonyl (C=O) groups is 1. The Balaban J connectivity index is 1.83. The minimum absolute atomic E-state index is 0.193. The number of thiazole rings is 1. The molecule has 0 spiro atoms. The Labute approximate surface area is 125 Å². The Morgan fingerprint density at radius 1 is 1.29 bits per heavy atom. The largest absolute Gasteiger partial charge is 0.494 e.